The number of aliphatic hydroxyl groups is 1. The summed E-state index contributed by atoms with van der Waals surface area (Å²) in [5, 5.41) is 21.1. The van der Waals surface area contributed by atoms with E-state index in [0.717, 1.165) is 11.3 Å². The van der Waals surface area contributed by atoms with E-state index in [9.17, 15) is 19.5 Å². The summed E-state index contributed by atoms with van der Waals surface area (Å²) in [4.78, 5) is 48.4. The second-order valence-electron chi connectivity index (χ2n) is 13.6. The fourth-order valence-corrected chi connectivity index (χ4v) is 6.70. The maximum Gasteiger partial charge on any atom is 0.410 e. The van der Waals surface area contributed by atoms with Gasteiger partial charge < -0.3 is 24.2 Å². The van der Waals surface area contributed by atoms with Crippen LogP contribution in [0.25, 0.3) is 16.7 Å². The first-order valence-electron chi connectivity index (χ1n) is 16.1. The maximum absolute atomic E-state index is 14.0. The van der Waals surface area contributed by atoms with Gasteiger partial charge in [0.2, 0.25) is 5.91 Å². The first kappa shape index (κ1) is 32.0. The van der Waals surface area contributed by atoms with Crippen molar-refractivity contribution >= 4 is 23.0 Å². The van der Waals surface area contributed by atoms with Gasteiger partial charge in [-0.25, -0.2) is 9.78 Å². The van der Waals surface area contributed by atoms with Crippen molar-refractivity contribution in [1.29, 1.82) is 5.26 Å². The Kier molecular flexibility index (Phi) is 8.64. The molecule has 1 N–H and O–H groups in total. The molecule has 6 rings (SSSR count). The second-order valence-corrected chi connectivity index (χ2v) is 13.6. The van der Waals surface area contributed by atoms with Crippen LogP contribution < -0.4 is 5.56 Å². The van der Waals surface area contributed by atoms with Crippen molar-refractivity contribution in [1.82, 2.24) is 23.9 Å². The molecule has 244 valence electrons. The predicted molar refractivity (Wildman–Crippen MR) is 176 cm³/mol. The number of carbonyl (C=O) groups excluding carboxylic acids is 2. The van der Waals surface area contributed by atoms with E-state index >= 15 is 0 Å². The molecule has 2 aliphatic heterocycles. The number of benzene rings is 2. The van der Waals surface area contributed by atoms with Crippen LogP contribution in [-0.4, -0.2) is 78.4 Å². The minimum absolute atomic E-state index is 0.0223. The van der Waals surface area contributed by atoms with Crippen LogP contribution >= 0.6 is 0 Å². The van der Waals surface area contributed by atoms with E-state index in [1.807, 2.05) is 56.0 Å². The van der Waals surface area contributed by atoms with Gasteiger partial charge in [0.25, 0.3) is 5.56 Å². The van der Waals surface area contributed by atoms with Crippen molar-refractivity contribution in [2.45, 2.75) is 63.7 Å². The molecule has 0 aliphatic carbocycles. The lowest BCUT2D eigenvalue weighted by Crippen LogP contribution is -2.53. The largest absolute Gasteiger partial charge is 0.444 e. The van der Waals surface area contributed by atoms with Crippen LogP contribution in [-0.2, 0) is 16.1 Å². The minimum Gasteiger partial charge on any atom is -0.444 e. The molecule has 2 aliphatic rings. The highest BCUT2D eigenvalue weighted by molar-refractivity contribution is 5.81. The van der Waals surface area contributed by atoms with E-state index in [4.69, 9.17) is 10.00 Å². The van der Waals surface area contributed by atoms with Gasteiger partial charge in [-0.15, -0.1) is 0 Å². The number of hydrogen-bond donors (Lipinski definition) is 1. The first-order valence-corrected chi connectivity index (χ1v) is 16.1. The maximum atomic E-state index is 14.0. The number of amides is 2. The number of ether oxygens (including phenoxy) is 1. The molecule has 4 heterocycles. The molecule has 2 aromatic heterocycles. The zero-order valence-corrected chi connectivity index (χ0v) is 27.0. The van der Waals surface area contributed by atoms with Crippen molar-refractivity contribution in [3.63, 3.8) is 0 Å². The number of carbonyl (C=O) groups is 2. The van der Waals surface area contributed by atoms with Crippen molar-refractivity contribution in [3.05, 3.63) is 94.7 Å². The standard InChI is InChI=1S/C36H40N6O5/c1-35(2,3)47-34(45)40-17-13-28(30(22-40)26-7-5-4-6-8-26)32(43)39-19-15-36(46,16-20-39)23-41-24-38-31-29(33(41)44)14-18-42(31)27-11-9-25(21-37)10-12-27/h4-12,14,18,24,28,30,46H,13,15-17,19-20,22-23H2,1-3H3/t28-,30+/m1/s1. The number of likely N-dealkylation sites (tertiary alicyclic amines) is 2. The average molecular weight is 637 g/mol. The number of rotatable bonds is 5. The van der Waals surface area contributed by atoms with E-state index in [1.54, 1.807) is 46.0 Å². The molecule has 4 aromatic rings. The zero-order chi connectivity index (χ0) is 33.3. The van der Waals surface area contributed by atoms with Gasteiger partial charge in [0.15, 0.2) is 5.65 Å². The number of nitriles is 1. The van der Waals surface area contributed by atoms with Gasteiger partial charge in [-0.05, 0) is 75.9 Å². The third-order valence-electron chi connectivity index (χ3n) is 9.22. The smallest absolute Gasteiger partial charge is 0.410 e. The fraction of sp³-hybridized carbons (Fsp3) is 0.417. The third kappa shape index (κ3) is 6.79. The van der Waals surface area contributed by atoms with Crippen LogP contribution in [0, 0.1) is 17.2 Å². The van der Waals surface area contributed by atoms with Crippen LogP contribution in [0.3, 0.4) is 0 Å². The van der Waals surface area contributed by atoms with E-state index in [-0.39, 0.29) is 35.9 Å². The Morgan fingerprint density at radius 2 is 1.72 bits per heavy atom. The summed E-state index contributed by atoms with van der Waals surface area (Å²) in [5.74, 6) is -0.468. The molecule has 0 bridgehead atoms. The Labute approximate surface area is 273 Å². The number of aromatic nitrogens is 3. The molecule has 2 saturated heterocycles. The average Bonchev–Trinajstić information content (AvgIpc) is 3.50. The molecule has 2 atom stereocenters. The topological polar surface area (TPSA) is 134 Å². The molecule has 47 heavy (non-hydrogen) atoms. The summed E-state index contributed by atoms with van der Waals surface area (Å²) < 4.78 is 8.87. The number of fused-ring (bicyclic) bond motifs is 1. The zero-order valence-electron chi connectivity index (χ0n) is 27.0. The Balaban J connectivity index is 1.13. The fourth-order valence-electron chi connectivity index (χ4n) is 6.70. The summed E-state index contributed by atoms with van der Waals surface area (Å²) in [7, 11) is 0. The molecule has 11 heteroatoms. The number of nitrogens with zero attached hydrogens (tertiary/aromatic N) is 6. The van der Waals surface area contributed by atoms with Crippen molar-refractivity contribution < 1.29 is 19.4 Å². The van der Waals surface area contributed by atoms with E-state index in [0.29, 0.717) is 62.0 Å². The summed E-state index contributed by atoms with van der Waals surface area (Å²) in [6.07, 6.45) is 4.01. The lowest BCUT2D eigenvalue weighted by molar-refractivity contribution is -0.142. The number of piperidine rings is 2. The monoisotopic (exact) mass is 636 g/mol. The SMILES string of the molecule is CC(C)(C)OC(=O)N1CC[C@@H](C(=O)N2CCC(O)(Cn3cnc4c(ccn4-c4ccc(C#N)cc4)c3=O)CC2)[C@H](c2ccccc2)C1. The normalized spacial score (nSPS) is 19.7. The van der Waals surface area contributed by atoms with Crippen LogP contribution in [0.1, 0.15) is 57.1 Å². The van der Waals surface area contributed by atoms with E-state index in [1.165, 1.54) is 10.9 Å². The first-order chi connectivity index (χ1) is 22.4. The Bertz CT molecular complexity index is 1860. The minimum atomic E-state index is -1.18. The Morgan fingerprint density at radius 3 is 2.38 bits per heavy atom. The highest BCUT2D eigenvalue weighted by atomic mass is 16.6. The summed E-state index contributed by atoms with van der Waals surface area (Å²) in [5.41, 5.74) is 0.782. The quantitative estimate of drug-likeness (QED) is 0.342. The second kappa shape index (κ2) is 12.7. The Hall–Kier alpha value is -4.95. The van der Waals surface area contributed by atoms with Crippen LogP contribution in [0.5, 0.6) is 0 Å². The molecule has 0 unspecified atom stereocenters. The van der Waals surface area contributed by atoms with Crippen LogP contribution in [0.2, 0.25) is 0 Å². The molecule has 11 nitrogen and oxygen atoms in total. The molecule has 0 spiro atoms. The van der Waals surface area contributed by atoms with Gasteiger partial charge in [-0.1, -0.05) is 30.3 Å². The van der Waals surface area contributed by atoms with Gasteiger partial charge >= 0.3 is 6.09 Å². The van der Waals surface area contributed by atoms with Crippen LogP contribution in [0.4, 0.5) is 4.79 Å². The van der Waals surface area contributed by atoms with Gasteiger partial charge in [0.05, 0.1) is 29.2 Å². The summed E-state index contributed by atoms with van der Waals surface area (Å²) >= 11 is 0. The highest BCUT2D eigenvalue weighted by Gasteiger charge is 2.42. The van der Waals surface area contributed by atoms with Gasteiger partial charge in [0.1, 0.15) is 11.9 Å². The molecule has 0 radical (unpaired) electrons. The highest BCUT2D eigenvalue weighted by Crippen LogP contribution is 2.36. The molecular weight excluding hydrogens is 596 g/mol. The molecule has 2 aromatic carbocycles. The third-order valence-corrected chi connectivity index (χ3v) is 9.22. The number of hydrogen-bond acceptors (Lipinski definition) is 7. The van der Waals surface area contributed by atoms with E-state index < -0.39 is 11.2 Å². The lowest BCUT2D eigenvalue weighted by atomic mass is 9.79. The molecular formula is C36H40N6O5. The van der Waals surface area contributed by atoms with Crippen molar-refractivity contribution in [3.8, 4) is 11.8 Å². The molecule has 2 amide bonds. The summed E-state index contributed by atoms with van der Waals surface area (Å²) in [6, 6.07) is 20.7. The van der Waals surface area contributed by atoms with Crippen molar-refractivity contribution in [2.75, 3.05) is 26.2 Å². The lowest BCUT2D eigenvalue weighted by Gasteiger charge is -2.43. The van der Waals surface area contributed by atoms with Gasteiger partial charge in [-0.3, -0.25) is 14.2 Å². The van der Waals surface area contributed by atoms with Crippen LogP contribution in [0.15, 0.2) is 78.0 Å². The summed E-state index contributed by atoms with van der Waals surface area (Å²) in [6.45, 7) is 7.14. The van der Waals surface area contributed by atoms with E-state index in [2.05, 4.69) is 11.1 Å². The van der Waals surface area contributed by atoms with Gasteiger partial charge in [-0.2, -0.15) is 5.26 Å². The van der Waals surface area contributed by atoms with Gasteiger partial charge in [0, 0.05) is 49.9 Å². The Morgan fingerprint density at radius 1 is 1.02 bits per heavy atom. The van der Waals surface area contributed by atoms with Crippen molar-refractivity contribution in [2.24, 2.45) is 5.92 Å². The molecule has 0 saturated carbocycles. The predicted octanol–water partition coefficient (Wildman–Crippen LogP) is 4.45. The molecule has 2 fully saturated rings.